The molecule has 3 rings (SSSR count). The lowest BCUT2D eigenvalue weighted by molar-refractivity contribution is 0.481. The van der Waals surface area contributed by atoms with E-state index in [0.29, 0.717) is 5.69 Å². The zero-order valence-corrected chi connectivity index (χ0v) is 11.5. The molecule has 0 bridgehead atoms. The second-order valence-corrected chi connectivity index (χ2v) is 5.30. The van der Waals surface area contributed by atoms with Crippen LogP contribution < -0.4 is 4.90 Å². The first-order valence-corrected chi connectivity index (χ1v) is 6.75. The Hall–Kier alpha value is -2.14. The van der Waals surface area contributed by atoms with Gasteiger partial charge in [-0.15, -0.1) is 11.3 Å². The summed E-state index contributed by atoms with van der Waals surface area (Å²) in [5, 5.41) is 14.8. The molecule has 5 heteroatoms. The fourth-order valence-electron chi connectivity index (χ4n) is 2.06. The number of hydrogen-bond acceptors (Lipinski definition) is 5. The second kappa shape index (κ2) is 4.51. The van der Waals surface area contributed by atoms with Crippen LogP contribution in [0.3, 0.4) is 0 Å². The van der Waals surface area contributed by atoms with Gasteiger partial charge in [-0.3, -0.25) is 0 Å². The van der Waals surface area contributed by atoms with Gasteiger partial charge in [-0.25, -0.2) is 9.97 Å². The fraction of sp³-hybridized carbons (Fsp3) is 0.143. The lowest BCUT2D eigenvalue weighted by Gasteiger charge is -2.16. The third kappa shape index (κ3) is 1.92. The summed E-state index contributed by atoms with van der Waals surface area (Å²) in [4.78, 5) is 10.7. The Balaban J connectivity index is 2.39. The minimum atomic E-state index is 0.191. The summed E-state index contributed by atoms with van der Waals surface area (Å²) in [6.45, 7) is 0. The SMILES string of the molecule is CN(C)c1nc(-c2nccs2)c(O)c2ccccc12. The zero-order chi connectivity index (χ0) is 13.4. The van der Waals surface area contributed by atoms with Crippen LogP contribution in [0, 0.1) is 0 Å². The van der Waals surface area contributed by atoms with Crippen LogP contribution in [0.5, 0.6) is 5.75 Å². The molecule has 0 saturated heterocycles. The van der Waals surface area contributed by atoms with E-state index in [1.54, 1.807) is 6.20 Å². The summed E-state index contributed by atoms with van der Waals surface area (Å²) >= 11 is 1.47. The molecule has 19 heavy (non-hydrogen) atoms. The van der Waals surface area contributed by atoms with Crippen molar-refractivity contribution in [1.29, 1.82) is 0 Å². The Morgan fingerprint density at radius 1 is 1.16 bits per heavy atom. The highest BCUT2D eigenvalue weighted by Crippen LogP contribution is 2.38. The van der Waals surface area contributed by atoms with Crippen LogP contribution in [-0.2, 0) is 0 Å². The highest BCUT2D eigenvalue weighted by Gasteiger charge is 2.16. The van der Waals surface area contributed by atoms with Crippen molar-refractivity contribution >= 4 is 27.9 Å². The lowest BCUT2D eigenvalue weighted by Crippen LogP contribution is -2.11. The molecule has 2 aromatic heterocycles. The molecule has 0 aliphatic carbocycles. The third-order valence-electron chi connectivity index (χ3n) is 2.92. The molecule has 2 heterocycles. The number of thiazole rings is 1. The van der Waals surface area contributed by atoms with Gasteiger partial charge in [-0.05, 0) is 0 Å². The largest absolute Gasteiger partial charge is 0.505 e. The van der Waals surface area contributed by atoms with Gasteiger partial charge in [0, 0.05) is 36.4 Å². The number of benzene rings is 1. The van der Waals surface area contributed by atoms with E-state index in [9.17, 15) is 5.11 Å². The van der Waals surface area contributed by atoms with Crippen LogP contribution in [0.1, 0.15) is 0 Å². The molecule has 4 nitrogen and oxygen atoms in total. The maximum absolute atomic E-state index is 10.4. The molecule has 0 radical (unpaired) electrons. The second-order valence-electron chi connectivity index (χ2n) is 4.41. The van der Waals surface area contributed by atoms with E-state index in [4.69, 9.17) is 0 Å². The van der Waals surface area contributed by atoms with Crippen molar-refractivity contribution in [2.24, 2.45) is 0 Å². The maximum Gasteiger partial charge on any atom is 0.152 e. The van der Waals surface area contributed by atoms with Crippen LogP contribution >= 0.6 is 11.3 Å². The molecule has 1 aromatic carbocycles. The first kappa shape index (κ1) is 11.9. The standard InChI is InChI=1S/C14H13N3OS/c1-17(2)13-10-6-4-3-5-9(10)12(18)11(16-13)14-15-7-8-19-14/h3-8,18H,1-2H3. The van der Waals surface area contributed by atoms with Crippen molar-refractivity contribution in [2.75, 3.05) is 19.0 Å². The van der Waals surface area contributed by atoms with E-state index >= 15 is 0 Å². The van der Waals surface area contributed by atoms with Crippen molar-refractivity contribution in [1.82, 2.24) is 9.97 Å². The topological polar surface area (TPSA) is 49.2 Å². The van der Waals surface area contributed by atoms with Gasteiger partial charge in [0.05, 0.1) is 0 Å². The van der Waals surface area contributed by atoms with E-state index in [1.807, 2.05) is 48.6 Å². The van der Waals surface area contributed by atoms with Gasteiger partial charge in [0.15, 0.2) is 5.75 Å². The van der Waals surface area contributed by atoms with Gasteiger partial charge in [0.1, 0.15) is 16.5 Å². The quantitative estimate of drug-likeness (QED) is 0.778. The Morgan fingerprint density at radius 2 is 1.89 bits per heavy atom. The Morgan fingerprint density at radius 3 is 2.53 bits per heavy atom. The Kier molecular flexibility index (Phi) is 2.83. The number of aromatic nitrogens is 2. The first-order valence-electron chi connectivity index (χ1n) is 5.87. The number of fused-ring (bicyclic) bond motifs is 1. The van der Waals surface area contributed by atoms with Crippen molar-refractivity contribution in [2.45, 2.75) is 0 Å². The normalized spacial score (nSPS) is 10.8. The van der Waals surface area contributed by atoms with Gasteiger partial charge in [-0.2, -0.15) is 0 Å². The van der Waals surface area contributed by atoms with E-state index in [2.05, 4.69) is 9.97 Å². The molecule has 0 unspecified atom stereocenters. The van der Waals surface area contributed by atoms with Crippen molar-refractivity contribution in [3.8, 4) is 16.5 Å². The molecule has 3 aromatic rings. The number of hydrogen-bond donors (Lipinski definition) is 1. The highest BCUT2D eigenvalue weighted by atomic mass is 32.1. The summed E-state index contributed by atoms with van der Waals surface area (Å²) in [5.74, 6) is 1.02. The van der Waals surface area contributed by atoms with E-state index in [1.165, 1.54) is 11.3 Å². The average molecular weight is 271 g/mol. The van der Waals surface area contributed by atoms with Gasteiger partial charge < -0.3 is 10.0 Å². The minimum Gasteiger partial charge on any atom is -0.505 e. The zero-order valence-electron chi connectivity index (χ0n) is 10.7. The van der Waals surface area contributed by atoms with Crippen molar-refractivity contribution in [3.05, 3.63) is 35.8 Å². The monoisotopic (exact) mass is 271 g/mol. The molecule has 0 spiro atoms. The Bertz CT molecular complexity index is 723. The van der Waals surface area contributed by atoms with E-state index in [-0.39, 0.29) is 5.75 Å². The molecular formula is C14H13N3OS. The van der Waals surface area contributed by atoms with Crippen LogP contribution in [0.25, 0.3) is 21.5 Å². The number of nitrogens with zero attached hydrogens (tertiary/aromatic N) is 3. The number of aromatic hydroxyl groups is 1. The molecule has 0 fully saturated rings. The predicted molar refractivity (Wildman–Crippen MR) is 78.8 cm³/mol. The summed E-state index contributed by atoms with van der Waals surface area (Å²) in [6, 6.07) is 7.71. The van der Waals surface area contributed by atoms with Crippen LogP contribution in [0.4, 0.5) is 5.82 Å². The van der Waals surface area contributed by atoms with Gasteiger partial charge in [-0.1, -0.05) is 24.3 Å². The van der Waals surface area contributed by atoms with E-state index < -0.39 is 0 Å². The van der Waals surface area contributed by atoms with Crippen LogP contribution in [0.2, 0.25) is 0 Å². The molecule has 1 N–H and O–H groups in total. The minimum absolute atomic E-state index is 0.191. The summed E-state index contributed by atoms with van der Waals surface area (Å²) in [6.07, 6.45) is 1.71. The molecule has 96 valence electrons. The molecule has 0 aliphatic rings. The van der Waals surface area contributed by atoms with Crippen molar-refractivity contribution < 1.29 is 5.11 Å². The van der Waals surface area contributed by atoms with E-state index in [0.717, 1.165) is 21.6 Å². The summed E-state index contributed by atoms with van der Waals surface area (Å²) in [5.41, 5.74) is 0.539. The third-order valence-corrected chi connectivity index (χ3v) is 3.70. The van der Waals surface area contributed by atoms with Gasteiger partial charge >= 0.3 is 0 Å². The first-order chi connectivity index (χ1) is 9.18. The number of pyridine rings is 1. The predicted octanol–water partition coefficient (Wildman–Crippen LogP) is 3.13. The lowest BCUT2D eigenvalue weighted by atomic mass is 10.1. The Labute approximate surface area is 115 Å². The molecule has 0 saturated carbocycles. The summed E-state index contributed by atoms with van der Waals surface area (Å²) < 4.78 is 0. The van der Waals surface area contributed by atoms with Crippen LogP contribution in [0.15, 0.2) is 35.8 Å². The molecule has 0 aliphatic heterocycles. The molecule has 0 amide bonds. The molecular weight excluding hydrogens is 258 g/mol. The highest BCUT2D eigenvalue weighted by molar-refractivity contribution is 7.13. The fourth-order valence-corrected chi connectivity index (χ4v) is 2.69. The number of rotatable bonds is 2. The average Bonchev–Trinajstić information content (AvgIpc) is 2.93. The van der Waals surface area contributed by atoms with Gasteiger partial charge in [0.2, 0.25) is 0 Å². The smallest absolute Gasteiger partial charge is 0.152 e. The maximum atomic E-state index is 10.4. The van der Waals surface area contributed by atoms with Crippen LogP contribution in [-0.4, -0.2) is 29.2 Å². The number of anilines is 1. The molecule has 0 atom stereocenters. The summed E-state index contributed by atoms with van der Waals surface area (Å²) in [7, 11) is 3.88. The van der Waals surface area contributed by atoms with Crippen molar-refractivity contribution in [3.63, 3.8) is 0 Å². The van der Waals surface area contributed by atoms with Gasteiger partial charge in [0.25, 0.3) is 0 Å².